The first-order valence-electron chi connectivity index (χ1n) is 2.39. The van der Waals surface area contributed by atoms with Gasteiger partial charge in [-0.2, -0.15) is 0 Å². The molecule has 0 amide bonds. The zero-order valence-electron chi connectivity index (χ0n) is 4.85. The minimum Gasteiger partial charge on any atom is -0.269 e. The molecular weight excluding hydrogens is 83.0 g/mol. The first-order chi connectivity index (χ1) is 2.89. The van der Waals surface area contributed by atoms with Crippen LogP contribution in [0.15, 0.2) is 0 Å². The number of hydrogen-bond donors (Lipinski definition) is 1. The van der Waals surface area contributed by atoms with Gasteiger partial charge in [0, 0.05) is 32.0 Å². The van der Waals surface area contributed by atoms with Gasteiger partial charge in [0.2, 0.25) is 0 Å². The van der Waals surface area contributed by atoms with Crippen molar-refractivity contribution in [1.82, 2.24) is 5.01 Å². The van der Waals surface area contributed by atoms with Gasteiger partial charge in [0.25, 0.3) is 0 Å². The van der Waals surface area contributed by atoms with E-state index < -0.39 is 0 Å². The molecule has 0 aromatic rings. The maximum absolute atomic E-state index is 5.37. The van der Waals surface area contributed by atoms with Crippen LogP contribution in [0.2, 0.25) is 0 Å². The van der Waals surface area contributed by atoms with Crippen LogP contribution in [0.1, 0.15) is 12.8 Å². The summed E-state index contributed by atoms with van der Waals surface area (Å²) in [6.45, 7) is 2.19. The fraction of sp³-hybridized carbons (Fsp3) is 1.00. The zero-order valence-corrected chi connectivity index (χ0v) is 4.85. The number of nitrogens with zero attached hydrogens (tertiary/aromatic N) is 1. The van der Waals surface area contributed by atoms with Crippen LogP contribution in [0.5, 0.6) is 0 Å². The third-order valence-corrected chi connectivity index (χ3v) is 1.14. The predicted molar refractivity (Wildman–Crippen MR) is 30.7 cm³/mol. The summed E-state index contributed by atoms with van der Waals surface area (Å²) in [6, 6.07) is 0. The summed E-state index contributed by atoms with van der Waals surface area (Å²) in [7, 11) is 0. The number of hydrazine groups is 1. The van der Waals surface area contributed by atoms with Gasteiger partial charge >= 0.3 is 0 Å². The first kappa shape index (κ1) is 7.52. The molecule has 0 aromatic heterocycles. The molecule has 1 aliphatic rings. The Balaban J connectivity index is 0.000000360. The molecule has 0 atom stereocenters. The van der Waals surface area contributed by atoms with E-state index in [1.165, 1.54) is 12.8 Å². The Morgan fingerprint density at radius 1 is 1.14 bits per heavy atom. The van der Waals surface area contributed by atoms with E-state index in [9.17, 15) is 0 Å². The maximum Gasteiger partial charge on any atom is 0.0129 e. The van der Waals surface area contributed by atoms with E-state index in [0.29, 0.717) is 0 Å². The maximum atomic E-state index is 5.37. The van der Waals surface area contributed by atoms with Crippen molar-refractivity contribution in [1.29, 1.82) is 0 Å². The molecule has 0 unspecified atom stereocenters. The molecule has 1 saturated heterocycles. The molecule has 7 heavy (non-hydrogen) atoms. The summed E-state index contributed by atoms with van der Waals surface area (Å²) in [6.07, 6.45) is 2.58. The number of rotatable bonds is 0. The fourth-order valence-electron chi connectivity index (χ4n) is 0.742. The van der Waals surface area contributed by atoms with Gasteiger partial charge in [-0.25, -0.2) is 5.01 Å². The summed E-state index contributed by atoms with van der Waals surface area (Å²) in [5, 5.41) is 1.86. The molecule has 37 valence electrons. The third-order valence-electron chi connectivity index (χ3n) is 1.14. The topological polar surface area (TPSA) is 29.3 Å². The van der Waals surface area contributed by atoms with Crippen LogP contribution in [-0.2, 0) is 0 Å². The Labute approximate surface area is 56.2 Å². The van der Waals surface area contributed by atoms with Crippen molar-refractivity contribution in [3.05, 3.63) is 0 Å². The van der Waals surface area contributed by atoms with E-state index in [4.69, 9.17) is 5.84 Å². The van der Waals surface area contributed by atoms with Crippen molar-refractivity contribution in [2.45, 2.75) is 12.8 Å². The van der Waals surface area contributed by atoms with Gasteiger partial charge in [-0.3, -0.25) is 5.84 Å². The monoisotopic (exact) mass is 93.1 g/mol. The molecule has 2 N–H and O–H groups in total. The molecule has 0 saturated carbocycles. The molecule has 1 fully saturated rings. The van der Waals surface area contributed by atoms with Gasteiger partial charge in [-0.05, 0) is 12.8 Å². The zero-order chi connectivity index (χ0) is 4.41. The van der Waals surface area contributed by atoms with E-state index in [-0.39, 0.29) is 18.9 Å². The quantitative estimate of drug-likeness (QED) is 0.325. The van der Waals surface area contributed by atoms with Crippen molar-refractivity contribution in [3.8, 4) is 0 Å². The Hall–Kier alpha value is 0.517. The van der Waals surface area contributed by atoms with E-state index in [2.05, 4.69) is 0 Å². The van der Waals surface area contributed by atoms with Crippen LogP contribution in [0, 0.1) is 0 Å². The van der Waals surface area contributed by atoms with E-state index in [1.54, 1.807) is 0 Å². The van der Waals surface area contributed by atoms with Crippen molar-refractivity contribution < 1.29 is 0 Å². The predicted octanol–water partition coefficient (Wildman–Crippen LogP) is -0.425. The van der Waals surface area contributed by atoms with Crippen molar-refractivity contribution in [2.75, 3.05) is 13.1 Å². The average Bonchev–Trinajstić information content (AvgIpc) is 1.86. The van der Waals surface area contributed by atoms with Crippen molar-refractivity contribution in [2.24, 2.45) is 5.84 Å². The molecular formula is C4H10LiN2. The van der Waals surface area contributed by atoms with Gasteiger partial charge < -0.3 is 0 Å². The third kappa shape index (κ3) is 2.35. The second-order valence-corrected chi connectivity index (χ2v) is 1.74. The van der Waals surface area contributed by atoms with Crippen LogP contribution in [0.3, 0.4) is 0 Å². The Bertz CT molecular complexity index is 43.0. The first-order valence-corrected chi connectivity index (χ1v) is 2.39. The minimum absolute atomic E-state index is 0. The molecule has 0 bridgehead atoms. The molecule has 1 aliphatic heterocycles. The normalized spacial score (nSPS) is 21.9. The Morgan fingerprint density at radius 2 is 1.57 bits per heavy atom. The molecule has 0 aromatic carbocycles. The van der Waals surface area contributed by atoms with Crippen LogP contribution in [-0.4, -0.2) is 37.0 Å². The molecule has 0 aliphatic carbocycles. The SMILES string of the molecule is NN1CCCC1.[Li]. The van der Waals surface area contributed by atoms with Gasteiger partial charge in [0.1, 0.15) is 0 Å². The van der Waals surface area contributed by atoms with Gasteiger partial charge in [-0.1, -0.05) is 0 Å². The van der Waals surface area contributed by atoms with Crippen LogP contribution in [0.25, 0.3) is 0 Å². The molecule has 1 heterocycles. The van der Waals surface area contributed by atoms with Crippen molar-refractivity contribution in [3.63, 3.8) is 0 Å². The minimum atomic E-state index is 0. The van der Waals surface area contributed by atoms with Crippen molar-refractivity contribution >= 4 is 18.9 Å². The number of hydrogen-bond acceptors (Lipinski definition) is 2. The average molecular weight is 93.1 g/mol. The summed E-state index contributed by atoms with van der Waals surface area (Å²) < 4.78 is 0. The van der Waals surface area contributed by atoms with Crippen LogP contribution in [0.4, 0.5) is 0 Å². The summed E-state index contributed by atoms with van der Waals surface area (Å²) in [5.74, 6) is 5.37. The summed E-state index contributed by atoms with van der Waals surface area (Å²) >= 11 is 0. The largest absolute Gasteiger partial charge is 0.269 e. The van der Waals surface area contributed by atoms with E-state index >= 15 is 0 Å². The smallest absolute Gasteiger partial charge is 0.0129 e. The van der Waals surface area contributed by atoms with Gasteiger partial charge in [0.05, 0.1) is 0 Å². The summed E-state index contributed by atoms with van der Waals surface area (Å²) in [5.41, 5.74) is 0. The Morgan fingerprint density at radius 3 is 1.71 bits per heavy atom. The van der Waals surface area contributed by atoms with E-state index in [1.807, 2.05) is 5.01 Å². The molecule has 3 heteroatoms. The molecule has 2 nitrogen and oxygen atoms in total. The van der Waals surface area contributed by atoms with E-state index in [0.717, 1.165) is 13.1 Å². The van der Waals surface area contributed by atoms with Crippen LogP contribution >= 0.6 is 0 Å². The Kier molecular flexibility index (Phi) is 3.77. The summed E-state index contributed by atoms with van der Waals surface area (Å²) in [4.78, 5) is 0. The molecule has 1 radical (unpaired) electrons. The standard InChI is InChI=1S/C4H10N2.Li/c5-6-3-1-2-4-6;/h1-5H2;. The second-order valence-electron chi connectivity index (χ2n) is 1.74. The van der Waals surface area contributed by atoms with Gasteiger partial charge in [-0.15, -0.1) is 0 Å². The molecule has 1 rings (SSSR count). The van der Waals surface area contributed by atoms with Crippen LogP contribution < -0.4 is 5.84 Å². The number of nitrogens with two attached hydrogens (primary N) is 1. The second kappa shape index (κ2) is 3.51. The molecule has 0 spiro atoms. The van der Waals surface area contributed by atoms with Gasteiger partial charge in [0.15, 0.2) is 0 Å². The fourth-order valence-corrected chi connectivity index (χ4v) is 0.742.